The average Bonchev–Trinajstić information content (AvgIpc) is 2.38. The largest absolute Gasteiger partial charge is 0.367 e. The van der Waals surface area contributed by atoms with E-state index in [-0.39, 0.29) is 6.04 Å². The molecule has 1 atom stereocenters. The zero-order chi connectivity index (χ0) is 13.0. The third-order valence-corrected chi connectivity index (χ3v) is 2.65. The predicted octanol–water partition coefficient (Wildman–Crippen LogP) is 2.21. The number of aromatic nitrogens is 2. The van der Waals surface area contributed by atoms with Crippen molar-refractivity contribution < 1.29 is 0 Å². The molecule has 0 spiro atoms. The van der Waals surface area contributed by atoms with Gasteiger partial charge in [-0.25, -0.2) is 0 Å². The average molecular weight is 242 g/mol. The molecule has 0 saturated carbocycles. The van der Waals surface area contributed by atoms with Crippen LogP contribution in [0.1, 0.15) is 12.5 Å². The molecule has 0 saturated heterocycles. The summed E-state index contributed by atoms with van der Waals surface area (Å²) in [5.41, 5.74) is 8.74. The van der Waals surface area contributed by atoms with Crippen molar-refractivity contribution in [2.75, 3.05) is 11.9 Å². The fourth-order valence-electron chi connectivity index (χ4n) is 1.67. The normalized spacial score (nSPS) is 12.2. The molecule has 0 aliphatic carbocycles. The van der Waals surface area contributed by atoms with Crippen LogP contribution < -0.4 is 11.1 Å². The minimum atomic E-state index is 0.0972. The highest BCUT2D eigenvalue weighted by Gasteiger charge is 2.05. The molecule has 1 heterocycles. The molecule has 3 N–H and O–H groups in total. The Bertz CT molecular complexity index is 508. The van der Waals surface area contributed by atoms with E-state index in [0.717, 1.165) is 22.6 Å². The van der Waals surface area contributed by atoms with Crippen LogP contribution in [0.25, 0.3) is 11.3 Å². The summed E-state index contributed by atoms with van der Waals surface area (Å²) in [5, 5.41) is 11.6. The Morgan fingerprint density at radius 1 is 1.22 bits per heavy atom. The number of hydrogen-bond acceptors (Lipinski definition) is 4. The lowest BCUT2D eigenvalue weighted by Crippen LogP contribution is -2.25. The van der Waals surface area contributed by atoms with Gasteiger partial charge in [0, 0.05) is 18.2 Å². The Morgan fingerprint density at radius 3 is 2.56 bits per heavy atom. The van der Waals surface area contributed by atoms with E-state index in [1.165, 1.54) is 0 Å². The third kappa shape index (κ3) is 3.05. The molecule has 18 heavy (non-hydrogen) atoms. The molecule has 4 heteroatoms. The molecule has 1 aromatic heterocycles. The highest BCUT2D eigenvalue weighted by molar-refractivity contribution is 5.61. The fraction of sp³-hybridized carbons (Fsp3) is 0.286. The number of nitrogens with one attached hydrogen (secondary N) is 1. The first-order valence-corrected chi connectivity index (χ1v) is 6.06. The summed E-state index contributed by atoms with van der Waals surface area (Å²) in [5.74, 6) is 0.798. The molecule has 0 aliphatic heterocycles. The van der Waals surface area contributed by atoms with E-state index in [1.807, 2.05) is 50.2 Å². The lowest BCUT2D eigenvalue weighted by atomic mass is 10.1. The Labute approximate surface area is 107 Å². The van der Waals surface area contributed by atoms with E-state index >= 15 is 0 Å². The van der Waals surface area contributed by atoms with Crippen LogP contribution in [0.5, 0.6) is 0 Å². The first kappa shape index (κ1) is 12.5. The molecule has 2 rings (SSSR count). The topological polar surface area (TPSA) is 63.8 Å². The molecule has 0 fully saturated rings. The van der Waals surface area contributed by atoms with Crippen LogP contribution in [0.15, 0.2) is 36.4 Å². The number of aryl methyl sites for hydroxylation is 1. The summed E-state index contributed by atoms with van der Waals surface area (Å²) in [7, 11) is 0. The SMILES string of the molecule is Cc1cc(-c2ccccc2)nnc1NCC(C)N. The van der Waals surface area contributed by atoms with Crippen molar-refractivity contribution in [1.29, 1.82) is 0 Å². The van der Waals surface area contributed by atoms with Gasteiger partial charge < -0.3 is 11.1 Å². The van der Waals surface area contributed by atoms with Crippen LogP contribution >= 0.6 is 0 Å². The zero-order valence-corrected chi connectivity index (χ0v) is 10.7. The first-order chi connectivity index (χ1) is 8.66. The van der Waals surface area contributed by atoms with Crippen molar-refractivity contribution >= 4 is 5.82 Å². The van der Waals surface area contributed by atoms with Crippen LogP contribution in [0, 0.1) is 6.92 Å². The molecule has 4 nitrogen and oxygen atoms in total. The summed E-state index contributed by atoms with van der Waals surface area (Å²) in [6.45, 7) is 4.67. The molecule has 0 bridgehead atoms. The standard InChI is InChI=1S/C14H18N4/c1-10-8-13(12-6-4-3-5-7-12)17-18-14(10)16-9-11(2)15/h3-8,11H,9,15H2,1-2H3,(H,16,18). The number of hydrogen-bond donors (Lipinski definition) is 2. The second-order valence-electron chi connectivity index (χ2n) is 4.49. The maximum atomic E-state index is 5.70. The van der Waals surface area contributed by atoms with Gasteiger partial charge in [-0.1, -0.05) is 30.3 Å². The third-order valence-electron chi connectivity index (χ3n) is 2.65. The van der Waals surface area contributed by atoms with E-state index in [0.29, 0.717) is 6.54 Å². The van der Waals surface area contributed by atoms with E-state index in [2.05, 4.69) is 15.5 Å². The van der Waals surface area contributed by atoms with Crippen LogP contribution in [0.4, 0.5) is 5.82 Å². The van der Waals surface area contributed by atoms with Gasteiger partial charge in [-0.2, -0.15) is 0 Å². The van der Waals surface area contributed by atoms with Crippen molar-refractivity contribution in [3.63, 3.8) is 0 Å². The zero-order valence-electron chi connectivity index (χ0n) is 10.7. The highest BCUT2D eigenvalue weighted by Crippen LogP contribution is 2.19. The molecule has 0 aliphatic rings. The number of benzene rings is 1. The van der Waals surface area contributed by atoms with Crippen molar-refractivity contribution in [1.82, 2.24) is 10.2 Å². The lowest BCUT2D eigenvalue weighted by Gasteiger charge is -2.10. The van der Waals surface area contributed by atoms with Gasteiger partial charge in [0.25, 0.3) is 0 Å². The Hall–Kier alpha value is -1.94. The molecule has 0 radical (unpaired) electrons. The van der Waals surface area contributed by atoms with E-state index in [4.69, 9.17) is 5.73 Å². The van der Waals surface area contributed by atoms with Gasteiger partial charge in [0.15, 0.2) is 5.82 Å². The second kappa shape index (κ2) is 5.60. The monoisotopic (exact) mass is 242 g/mol. The molecule has 1 unspecified atom stereocenters. The Balaban J connectivity index is 2.20. The summed E-state index contributed by atoms with van der Waals surface area (Å²) < 4.78 is 0. The maximum absolute atomic E-state index is 5.70. The highest BCUT2D eigenvalue weighted by atomic mass is 15.2. The fourth-order valence-corrected chi connectivity index (χ4v) is 1.67. The molecule has 2 aromatic rings. The minimum Gasteiger partial charge on any atom is -0.367 e. The Morgan fingerprint density at radius 2 is 1.94 bits per heavy atom. The minimum absolute atomic E-state index is 0.0972. The van der Waals surface area contributed by atoms with E-state index < -0.39 is 0 Å². The van der Waals surface area contributed by atoms with Crippen molar-refractivity contribution in [2.24, 2.45) is 5.73 Å². The quantitative estimate of drug-likeness (QED) is 0.862. The van der Waals surface area contributed by atoms with Gasteiger partial charge >= 0.3 is 0 Å². The molecule has 94 valence electrons. The van der Waals surface area contributed by atoms with Crippen LogP contribution in [-0.2, 0) is 0 Å². The molecular weight excluding hydrogens is 224 g/mol. The van der Waals surface area contributed by atoms with Gasteiger partial charge in [-0.3, -0.25) is 0 Å². The van der Waals surface area contributed by atoms with Gasteiger partial charge in [0.1, 0.15) is 0 Å². The smallest absolute Gasteiger partial charge is 0.151 e. The molecule has 1 aromatic carbocycles. The van der Waals surface area contributed by atoms with Gasteiger partial charge in [-0.05, 0) is 25.5 Å². The lowest BCUT2D eigenvalue weighted by molar-refractivity contribution is 0.774. The van der Waals surface area contributed by atoms with E-state index in [9.17, 15) is 0 Å². The summed E-state index contributed by atoms with van der Waals surface area (Å²) >= 11 is 0. The number of anilines is 1. The van der Waals surface area contributed by atoms with Crippen molar-refractivity contribution in [2.45, 2.75) is 19.9 Å². The second-order valence-corrected chi connectivity index (χ2v) is 4.49. The van der Waals surface area contributed by atoms with Gasteiger partial charge in [0.2, 0.25) is 0 Å². The van der Waals surface area contributed by atoms with Crippen molar-refractivity contribution in [3.8, 4) is 11.3 Å². The first-order valence-electron chi connectivity index (χ1n) is 6.06. The van der Waals surface area contributed by atoms with Gasteiger partial charge in [-0.15, -0.1) is 10.2 Å². The maximum Gasteiger partial charge on any atom is 0.151 e. The van der Waals surface area contributed by atoms with Crippen LogP contribution in [0.2, 0.25) is 0 Å². The Kier molecular flexibility index (Phi) is 3.89. The molecule has 0 amide bonds. The molecular formula is C14H18N4. The summed E-state index contributed by atoms with van der Waals surface area (Å²) in [6, 6.07) is 12.2. The van der Waals surface area contributed by atoms with E-state index in [1.54, 1.807) is 0 Å². The van der Waals surface area contributed by atoms with Crippen LogP contribution in [0.3, 0.4) is 0 Å². The summed E-state index contributed by atoms with van der Waals surface area (Å²) in [4.78, 5) is 0. The summed E-state index contributed by atoms with van der Waals surface area (Å²) in [6.07, 6.45) is 0. The number of nitrogens with two attached hydrogens (primary N) is 1. The number of rotatable bonds is 4. The predicted molar refractivity (Wildman–Crippen MR) is 74.3 cm³/mol. The van der Waals surface area contributed by atoms with Crippen molar-refractivity contribution in [3.05, 3.63) is 42.0 Å². The van der Waals surface area contributed by atoms with Crippen LogP contribution in [-0.4, -0.2) is 22.8 Å². The number of nitrogens with zero attached hydrogens (tertiary/aromatic N) is 2. The van der Waals surface area contributed by atoms with Gasteiger partial charge in [0.05, 0.1) is 5.69 Å².